The lowest BCUT2D eigenvalue weighted by atomic mass is 10.3. The van der Waals surface area contributed by atoms with Crippen molar-refractivity contribution in [2.45, 2.75) is 0 Å². The van der Waals surface area contributed by atoms with Crippen LogP contribution in [0.25, 0.3) is 0 Å². The van der Waals surface area contributed by atoms with E-state index in [2.05, 4.69) is 9.88 Å². The standard InChI is InChI=1S/C9H13N3O.ClH/c10-9-7-8(1-2-11-9)12-3-5-13-6-4-12;/h1-2,7H,3-6H2,(H2,10,11);1H. The number of pyridine rings is 1. The molecule has 2 N–H and O–H groups in total. The van der Waals surface area contributed by atoms with Gasteiger partial charge in [0, 0.05) is 31.0 Å². The lowest BCUT2D eigenvalue weighted by Gasteiger charge is -2.28. The zero-order valence-corrected chi connectivity index (χ0v) is 8.67. The molecule has 0 aromatic carbocycles. The molecule has 0 radical (unpaired) electrons. The molecule has 4 nitrogen and oxygen atoms in total. The fourth-order valence-electron chi connectivity index (χ4n) is 1.45. The third kappa shape index (κ3) is 2.49. The molecule has 0 aliphatic carbocycles. The van der Waals surface area contributed by atoms with E-state index in [1.165, 1.54) is 0 Å². The number of nitrogens with zero attached hydrogens (tertiary/aromatic N) is 2. The van der Waals surface area contributed by atoms with E-state index >= 15 is 0 Å². The highest BCUT2D eigenvalue weighted by Gasteiger charge is 2.10. The Morgan fingerprint density at radius 2 is 2.07 bits per heavy atom. The molecule has 2 rings (SSSR count). The van der Waals surface area contributed by atoms with Gasteiger partial charge in [-0.25, -0.2) is 4.98 Å². The topological polar surface area (TPSA) is 51.4 Å². The van der Waals surface area contributed by atoms with E-state index in [1.807, 2.05) is 12.1 Å². The SMILES string of the molecule is Cl.Nc1cc(N2CCOCC2)ccn1. The first-order valence-corrected chi connectivity index (χ1v) is 4.40. The molecule has 0 unspecified atom stereocenters. The normalized spacial score (nSPS) is 16.1. The number of hydrogen-bond acceptors (Lipinski definition) is 4. The molecule has 5 heteroatoms. The van der Waals surface area contributed by atoms with E-state index in [-0.39, 0.29) is 12.4 Å². The Bertz CT molecular complexity index is 289. The average molecular weight is 216 g/mol. The summed E-state index contributed by atoms with van der Waals surface area (Å²) in [5.74, 6) is 0.573. The van der Waals surface area contributed by atoms with Crippen LogP contribution >= 0.6 is 12.4 Å². The van der Waals surface area contributed by atoms with Crippen molar-refractivity contribution in [2.24, 2.45) is 0 Å². The van der Waals surface area contributed by atoms with Crippen molar-refractivity contribution >= 4 is 23.9 Å². The van der Waals surface area contributed by atoms with Gasteiger partial charge in [0.2, 0.25) is 0 Å². The maximum atomic E-state index is 5.60. The zero-order valence-electron chi connectivity index (χ0n) is 7.85. The minimum atomic E-state index is 0. The number of halogens is 1. The Morgan fingerprint density at radius 1 is 1.36 bits per heavy atom. The fraction of sp³-hybridized carbons (Fsp3) is 0.444. The number of nitrogens with two attached hydrogens (primary N) is 1. The van der Waals surface area contributed by atoms with Gasteiger partial charge in [0.25, 0.3) is 0 Å². The van der Waals surface area contributed by atoms with Gasteiger partial charge in [-0.1, -0.05) is 0 Å². The molecule has 1 aromatic heterocycles. The Kier molecular flexibility index (Phi) is 3.98. The molecular weight excluding hydrogens is 202 g/mol. The summed E-state index contributed by atoms with van der Waals surface area (Å²) in [6, 6.07) is 3.87. The maximum absolute atomic E-state index is 5.60. The van der Waals surface area contributed by atoms with Gasteiger partial charge in [0.05, 0.1) is 13.2 Å². The Balaban J connectivity index is 0.000000980. The van der Waals surface area contributed by atoms with Crippen LogP contribution in [0.3, 0.4) is 0 Å². The molecule has 1 saturated heterocycles. The minimum Gasteiger partial charge on any atom is -0.384 e. The third-order valence-electron chi connectivity index (χ3n) is 2.14. The van der Waals surface area contributed by atoms with Crippen LogP contribution in [0.15, 0.2) is 18.3 Å². The van der Waals surface area contributed by atoms with Crippen LogP contribution in [0.2, 0.25) is 0 Å². The molecule has 2 heterocycles. The highest BCUT2D eigenvalue weighted by Crippen LogP contribution is 2.16. The molecule has 14 heavy (non-hydrogen) atoms. The number of rotatable bonds is 1. The highest BCUT2D eigenvalue weighted by atomic mass is 35.5. The van der Waals surface area contributed by atoms with Gasteiger partial charge in [-0.3, -0.25) is 0 Å². The predicted octanol–water partition coefficient (Wildman–Crippen LogP) is 0.922. The van der Waals surface area contributed by atoms with E-state index < -0.39 is 0 Å². The van der Waals surface area contributed by atoms with Crippen LogP contribution in [-0.4, -0.2) is 31.3 Å². The van der Waals surface area contributed by atoms with Crippen molar-refractivity contribution in [1.82, 2.24) is 4.98 Å². The second-order valence-electron chi connectivity index (χ2n) is 3.04. The lowest BCUT2D eigenvalue weighted by Crippen LogP contribution is -2.36. The molecule has 0 bridgehead atoms. The van der Waals surface area contributed by atoms with E-state index in [1.54, 1.807) is 6.20 Å². The van der Waals surface area contributed by atoms with Crippen molar-refractivity contribution in [2.75, 3.05) is 36.9 Å². The van der Waals surface area contributed by atoms with Crippen molar-refractivity contribution < 1.29 is 4.74 Å². The quantitative estimate of drug-likeness (QED) is 0.757. The van der Waals surface area contributed by atoms with Crippen LogP contribution in [0.4, 0.5) is 11.5 Å². The molecule has 1 fully saturated rings. The summed E-state index contributed by atoms with van der Waals surface area (Å²) in [6.07, 6.45) is 1.74. The zero-order chi connectivity index (χ0) is 9.10. The molecule has 0 saturated carbocycles. The van der Waals surface area contributed by atoms with Gasteiger partial charge in [-0.2, -0.15) is 0 Å². The smallest absolute Gasteiger partial charge is 0.125 e. The van der Waals surface area contributed by atoms with E-state index in [4.69, 9.17) is 10.5 Å². The van der Waals surface area contributed by atoms with Gasteiger partial charge in [-0.05, 0) is 6.07 Å². The van der Waals surface area contributed by atoms with Crippen LogP contribution in [0, 0.1) is 0 Å². The minimum absolute atomic E-state index is 0. The number of anilines is 2. The van der Waals surface area contributed by atoms with Crippen molar-refractivity contribution in [1.29, 1.82) is 0 Å². The monoisotopic (exact) mass is 215 g/mol. The van der Waals surface area contributed by atoms with Crippen LogP contribution < -0.4 is 10.6 Å². The molecular formula is C9H14ClN3O. The van der Waals surface area contributed by atoms with Gasteiger partial charge in [-0.15, -0.1) is 12.4 Å². The van der Waals surface area contributed by atoms with E-state index in [9.17, 15) is 0 Å². The van der Waals surface area contributed by atoms with E-state index in [0.29, 0.717) is 5.82 Å². The average Bonchev–Trinajstić information content (AvgIpc) is 2.19. The molecule has 78 valence electrons. The number of nitrogen functional groups attached to an aromatic ring is 1. The molecule has 0 amide bonds. The summed E-state index contributed by atoms with van der Waals surface area (Å²) in [5, 5.41) is 0. The molecule has 0 atom stereocenters. The van der Waals surface area contributed by atoms with Crippen LogP contribution in [0.1, 0.15) is 0 Å². The van der Waals surface area contributed by atoms with Crippen LogP contribution in [0.5, 0.6) is 0 Å². The lowest BCUT2D eigenvalue weighted by molar-refractivity contribution is 0.122. The summed E-state index contributed by atoms with van der Waals surface area (Å²) in [6.45, 7) is 3.46. The van der Waals surface area contributed by atoms with E-state index in [0.717, 1.165) is 32.0 Å². The number of morpholine rings is 1. The van der Waals surface area contributed by atoms with Crippen LogP contribution in [-0.2, 0) is 4.74 Å². The molecule has 1 aliphatic heterocycles. The number of ether oxygens (including phenoxy) is 1. The van der Waals surface area contributed by atoms with Gasteiger partial charge < -0.3 is 15.4 Å². The van der Waals surface area contributed by atoms with Crippen molar-refractivity contribution in [3.8, 4) is 0 Å². The predicted molar refractivity (Wildman–Crippen MR) is 58.9 cm³/mol. The Hall–Kier alpha value is -1.00. The number of hydrogen-bond donors (Lipinski definition) is 1. The third-order valence-corrected chi connectivity index (χ3v) is 2.14. The largest absolute Gasteiger partial charge is 0.384 e. The second-order valence-corrected chi connectivity index (χ2v) is 3.04. The molecule has 1 aliphatic rings. The summed E-state index contributed by atoms with van der Waals surface area (Å²) >= 11 is 0. The summed E-state index contributed by atoms with van der Waals surface area (Å²) in [5.41, 5.74) is 6.73. The summed E-state index contributed by atoms with van der Waals surface area (Å²) in [7, 11) is 0. The van der Waals surface area contributed by atoms with Gasteiger partial charge in [0.1, 0.15) is 5.82 Å². The highest BCUT2D eigenvalue weighted by molar-refractivity contribution is 5.85. The first-order chi connectivity index (χ1) is 6.36. The molecule has 1 aromatic rings. The second kappa shape index (κ2) is 5.02. The Morgan fingerprint density at radius 3 is 2.71 bits per heavy atom. The maximum Gasteiger partial charge on any atom is 0.125 e. The Labute approximate surface area is 89.5 Å². The van der Waals surface area contributed by atoms with Crippen molar-refractivity contribution in [3.63, 3.8) is 0 Å². The van der Waals surface area contributed by atoms with Gasteiger partial charge in [0.15, 0.2) is 0 Å². The number of aromatic nitrogens is 1. The molecule has 0 spiro atoms. The first-order valence-electron chi connectivity index (χ1n) is 4.40. The summed E-state index contributed by atoms with van der Waals surface area (Å²) in [4.78, 5) is 6.21. The first kappa shape index (κ1) is 11.1. The van der Waals surface area contributed by atoms with Crippen molar-refractivity contribution in [3.05, 3.63) is 18.3 Å². The fourth-order valence-corrected chi connectivity index (χ4v) is 1.45. The van der Waals surface area contributed by atoms with Gasteiger partial charge >= 0.3 is 0 Å². The summed E-state index contributed by atoms with van der Waals surface area (Å²) < 4.78 is 5.26.